The molecule has 0 spiro atoms. The van der Waals surface area contributed by atoms with Gasteiger partial charge in [-0.25, -0.2) is 14.8 Å². The van der Waals surface area contributed by atoms with E-state index in [1.807, 2.05) is 0 Å². The first-order chi connectivity index (χ1) is 13.8. The zero-order valence-electron chi connectivity index (χ0n) is 16.4. The number of benzene rings is 1. The monoisotopic (exact) mass is 416 g/mol. The molecule has 1 N–H and O–H groups in total. The van der Waals surface area contributed by atoms with Gasteiger partial charge in [0.25, 0.3) is 5.56 Å². The number of methoxy groups -OCH3 is 1. The van der Waals surface area contributed by atoms with Gasteiger partial charge < -0.3 is 9.84 Å². The molecule has 0 fully saturated rings. The maximum atomic E-state index is 12.8. The quantitative estimate of drug-likeness (QED) is 0.476. The minimum atomic E-state index is -1.01. The van der Waals surface area contributed by atoms with E-state index in [9.17, 15) is 19.5 Å². The van der Waals surface area contributed by atoms with Crippen molar-refractivity contribution in [2.45, 2.75) is 23.6 Å². The molecule has 3 rings (SSSR count). The van der Waals surface area contributed by atoms with Crippen molar-refractivity contribution in [3.8, 4) is 17.1 Å². The van der Waals surface area contributed by atoms with E-state index in [1.54, 1.807) is 31.2 Å². The molecule has 1 atom stereocenters. The Morgan fingerprint density at radius 2 is 1.97 bits per heavy atom. The Morgan fingerprint density at radius 1 is 1.24 bits per heavy atom. The number of aryl methyl sites for hydroxylation is 1. The molecule has 0 amide bonds. The third kappa shape index (κ3) is 3.75. The number of hydrogen-bond donors (Lipinski definition) is 1. The summed E-state index contributed by atoms with van der Waals surface area (Å²) in [5, 5.41) is 9.00. The molecule has 1 aromatic carbocycles. The number of ether oxygens (including phenoxy) is 1. The summed E-state index contributed by atoms with van der Waals surface area (Å²) in [5.74, 6) is -0.147. The number of carbonyl (C=O) groups is 1. The molecule has 9 nitrogen and oxygen atoms in total. The maximum Gasteiger partial charge on any atom is 0.332 e. The lowest BCUT2D eigenvalue weighted by Crippen LogP contribution is -2.37. The molecule has 2 aromatic heterocycles. The summed E-state index contributed by atoms with van der Waals surface area (Å²) >= 11 is 0.972. The maximum absolute atomic E-state index is 12.8. The molecular formula is C19H20N4O5S. The number of nitrogens with zero attached hydrogens (tertiary/aromatic N) is 4. The number of rotatable bonds is 6. The first-order valence-electron chi connectivity index (χ1n) is 8.80. The molecule has 152 valence electrons. The van der Waals surface area contributed by atoms with Gasteiger partial charge in [-0.15, -0.1) is 0 Å². The highest BCUT2D eigenvalue weighted by Crippen LogP contribution is 2.31. The van der Waals surface area contributed by atoms with Gasteiger partial charge >= 0.3 is 11.7 Å². The fraction of sp³-hybridized carbons (Fsp3) is 0.316. The van der Waals surface area contributed by atoms with E-state index in [-0.39, 0.29) is 21.9 Å². The van der Waals surface area contributed by atoms with Crippen molar-refractivity contribution in [2.75, 3.05) is 7.11 Å². The lowest BCUT2D eigenvalue weighted by Gasteiger charge is -2.14. The normalized spacial score (nSPS) is 12.1. The standard InChI is InChI=1S/C19H20N4O5S/c1-5-12(18(25)26)29-16-13-15(22(2)19(27)23(3)17(13)24)20-14(21-16)10-7-6-8-11(9-10)28-4/h6-9,12H,5H2,1-4H3,(H,25,26)/t12-/m0/s1. The average Bonchev–Trinajstić information content (AvgIpc) is 2.73. The molecule has 0 aliphatic rings. The predicted molar refractivity (Wildman–Crippen MR) is 110 cm³/mol. The lowest BCUT2D eigenvalue weighted by molar-refractivity contribution is -0.136. The number of hydrogen-bond acceptors (Lipinski definition) is 7. The second kappa shape index (κ2) is 8.08. The van der Waals surface area contributed by atoms with E-state index >= 15 is 0 Å². The highest BCUT2D eigenvalue weighted by molar-refractivity contribution is 8.00. The second-order valence-electron chi connectivity index (χ2n) is 6.34. The van der Waals surface area contributed by atoms with Gasteiger partial charge in [0.2, 0.25) is 0 Å². The van der Waals surface area contributed by atoms with Gasteiger partial charge in [0.1, 0.15) is 21.4 Å². The van der Waals surface area contributed by atoms with Gasteiger partial charge in [-0.05, 0) is 18.6 Å². The molecule has 0 aliphatic heterocycles. The summed E-state index contributed by atoms with van der Waals surface area (Å²) in [6.07, 6.45) is 0.339. The molecule has 0 bridgehead atoms. The smallest absolute Gasteiger partial charge is 0.332 e. The van der Waals surface area contributed by atoms with Crippen LogP contribution in [0.4, 0.5) is 0 Å². The molecular weight excluding hydrogens is 396 g/mol. The zero-order valence-corrected chi connectivity index (χ0v) is 17.2. The van der Waals surface area contributed by atoms with Gasteiger partial charge in [-0.2, -0.15) is 0 Å². The first-order valence-corrected chi connectivity index (χ1v) is 9.68. The summed E-state index contributed by atoms with van der Waals surface area (Å²) in [7, 11) is 4.41. The number of aliphatic carboxylic acids is 1. The van der Waals surface area contributed by atoms with Crippen LogP contribution in [0.25, 0.3) is 22.4 Å². The van der Waals surface area contributed by atoms with Crippen molar-refractivity contribution in [3.63, 3.8) is 0 Å². The van der Waals surface area contributed by atoms with E-state index < -0.39 is 22.5 Å². The first kappa shape index (κ1) is 20.6. The molecule has 0 saturated carbocycles. The molecule has 10 heteroatoms. The van der Waals surface area contributed by atoms with Crippen LogP contribution >= 0.6 is 11.8 Å². The van der Waals surface area contributed by atoms with Gasteiger partial charge in [0, 0.05) is 19.7 Å². The Kier molecular flexibility index (Phi) is 5.73. The van der Waals surface area contributed by atoms with Crippen LogP contribution in [-0.4, -0.2) is 42.5 Å². The number of fused-ring (bicyclic) bond motifs is 1. The topological polar surface area (TPSA) is 116 Å². The Hall–Kier alpha value is -3.14. The van der Waals surface area contributed by atoms with E-state index in [1.165, 1.54) is 25.8 Å². The van der Waals surface area contributed by atoms with Crippen molar-refractivity contribution in [1.29, 1.82) is 0 Å². The van der Waals surface area contributed by atoms with Crippen LogP contribution in [0.5, 0.6) is 5.75 Å². The van der Waals surface area contributed by atoms with Crippen molar-refractivity contribution >= 4 is 28.8 Å². The lowest BCUT2D eigenvalue weighted by atomic mass is 10.2. The average molecular weight is 416 g/mol. The molecule has 0 unspecified atom stereocenters. The second-order valence-corrected chi connectivity index (χ2v) is 7.53. The van der Waals surface area contributed by atoms with Crippen molar-refractivity contribution in [2.24, 2.45) is 14.1 Å². The number of aromatic nitrogens is 4. The summed E-state index contributed by atoms with van der Waals surface area (Å²) in [5.41, 5.74) is -0.333. The van der Waals surface area contributed by atoms with Gasteiger partial charge in [-0.3, -0.25) is 18.7 Å². The zero-order chi connectivity index (χ0) is 21.3. The molecule has 0 radical (unpaired) electrons. The summed E-state index contributed by atoms with van der Waals surface area (Å²) in [6, 6.07) is 7.03. The van der Waals surface area contributed by atoms with Gasteiger partial charge in [0.15, 0.2) is 11.5 Å². The SMILES string of the molecule is CC[C@H](Sc1nc(-c2cccc(OC)c2)nc2c1c(=O)n(C)c(=O)n2C)C(=O)O. The van der Waals surface area contributed by atoms with E-state index in [2.05, 4.69) is 9.97 Å². The van der Waals surface area contributed by atoms with Crippen LogP contribution in [0.3, 0.4) is 0 Å². The molecule has 29 heavy (non-hydrogen) atoms. The molecule has 2 heterocycles. The van der Waals surface area contributed by atoms with Crippen molar-refractivity contribution in [3.05, 3.63) is 45.1 Å². The van der Waals surface area contributed by atoms with Crippen LogP contribution in [0.15, 0.2) is 38.9 Å². The molecule has 0 aliphatic carbocycles. The van der Waals surface area contributed by atoms with Gasteiger partial charge in [-0.1, -0.05) is 30.8 Å². The Labute approximate surface area is 170 Å². The van der Waals surface area contributed by atoms with Crippen LogP contribution in [-0.2, 0) is 18.9 Å². The van der Waals surface area contributed by atoms with Crippen molar-refractivity contribution in [1.82, 2.24) is 19.1 Å². The van der Waals surface area contributed by atoms with E-state index in [0.29, 0.717) is 17.7 Å². The third-order valence-corrected chi connectivity index (χ3v) is 5.83. The Bertz CT molecular complexity index is 1220. The highest BCUT2D eigenvalue weighted by atomic mass is 32.2. The number of thioether (sulfide) groups is 1. The Morgan fingerprint density at radius 3 is 2.59 bits per heavy atom. The van der Waals surface area contributed by atoms with Crippen LogP contribution in [0, 0.1) is 0 Å². The van der Waals surface area contributed by atoms with Crippen LogP contribution in [0.2, 0.25) is 0 Å². The molecule has 0 saturated heterocycles. The fourth-order valence-electron chi connectivity index (χ4n) is 2.85. The Balaban J connectivity index is 2.37. The largest absolute Gasteiger partial charge is 0.497 e. The number of carboxylic acid groups (broad SMARTS) is 1. The van der Waals surface area contributed by atoms with E-state index in [4.69, 9.17) is 4.74 Å². The highest BCUT2D eigenvalue weighted by Gasteiger charge is 2.23. The number of carboxylic acids is 1. The minimum absolute atomic E-state index is 0.117. The summed E-state index contributed by atoms with van der Waals surface area (Å²) < 4.78 is 7.46. The third-order valence-electron chi connectivity index (χ3n) is 4.49. The van der Waals surface area contributed by atoms with Crippen LogP contribution in [0.1, 0.15) is 13.3 Å². The summed E-state index contributed by atoms with van der Waals surface area (Å²) in [6.45, 7) is 1.74. The summed E-state index contributed by atoms with van der Waals surface area (Å²) in [4.78, 5) is 45.7. The van der Waals surface area contributed by atoms with Gasteiger partial charge in [0.05, 0.1) is 7.11 Å². The molecule has 3 aromatic rings. The minimum Gasteiger partial charge on any atom is -0.497 e. The predicted octanol–water partition coefficient (Wildman–Crippen LogP) is 1.66. The fourth-order valence-corrected chi connectivity index (χ4v) is 3.82. The van der Waals surface area contributed by atoms with E-state index in [0.717, 1.165) is 16.3 Å². The van der Waals surface area contributed by atoms with Crippen LogP contribution < -0.4 is 16.0 Å². The van der Waals surface area contributed by atoms with Crippen molar-refractivity contribution < 1.29 is 14.6 Å².